The molecular formula is C21H30N6O5S. The smallest absolute Gasteiger partial charge is 0.353 e. The van der Waals surface area contributed by atoms with Crippen molar-refractivity contribution in [2.45, 2.75) is 43.7 Å². The van der Waals surface area contributed by atoms with Crippen LogP contribution < -0.4 is 0 Å². The molecule has 180 valence electrons. The van der Waals surface area contributed by atoms with Gasteiger partial charge in [-0.1, -0.05) is 6.92 Å². The van der Waals surface area contributed by atoms with E-state index >= 15 is 0 Å². The highest BCUT2D eigenvalue weighted by atomic mass is 32.2. The third-order valence-electron chi connectivity index (χ3n) is 7.17. The fourth-order valence-electron chi connectivity index (χ4n) is 5.43. The number of likely N-dealkylation sites (tertiary alicyclic amines) is 1. The summed E-state index contributed by atoms with van der Waals surface area (Å²) in [6.07, 6.45) is 2.07. The minimum Gasteiger partial charge on any atom is -0.477 e. The van der Waals surface area contributed by atoms with E-state index in [0.717, 1.165) is 0 Å². The Labute approximate surface area is 196 Å². The van der Waals surface area contributed by atoms with Gasteiger partial charge in [0.25, 0.3) is 0 Å². The van der Waals surface area contributed by atoms with E-state index in [-0.39, 0.29) is 34.7 Å². The maximum absolute atomic E-state index is 13.2. The van der Waals surface area contributed by atoms with Crippen LogP contribution in [-0.2, 0) is 14.4 Å². The number of carboxylic acids is 1. The van der Waals surface area contributed by atoms with Crippen LogP contribution in [-0.4, -0.2) is 116 Å². The quantitative estimate of drug-likeness (QED) is 0.221. The normalized spacial score (nSPS) is 32.6. The highest BCUT2D eigenvalue weighted by Gasteiger charge is 2.60. The van der Waals surface area contributed by atoms with Crippen LogP contribution in [0.4, 0.5) is 0 Å². The Kier molecular flexibility index (Phi) is 6.41. The number of amides is 2. The van der Waals surface area contributed by atoms with Crippen molar-refractivity contribution in [2.24, 2.45) is 11.8 Å². The van der Waals surface area contributed by atoms with Gasteiger partial charge in [0.2, 0.25) is 11.8 Å². The van der Waals surface area contributed by atoms with E-state index in [0.29, 0.717) is 44.0 Å². The minimum atomic E-state index is -1.16. The second kappa shape index (κ2) is 8.98. The second-order valence-corrected chi connectivity index (χ2v) is 10.4. The molecule has 0 bridgehead atoms. The molecule has 6 atom stereocenters. The number of hydrogen-bond donors (Lipinski definition) is 4. The Balaban J connectivity index is 1.48. The van der Waals surface area contributed by atoms with Crippen molar-refractivity contribution in [3.05, 3.63) is 10.6 Å². The Morgan fingerprint density at radius 2 is 1.85 bits per heavy atom. The van der Waals surface area contributed by atoms with E-state index in [1.54, 1.807) is 16.7 Å². The van der Waals surface area contributed by atoms with Crippen molar-refractivity contribution in [3.63, 3.8) is 0 Å². The summed E-state index contributed by atoms with van der Waals surface area (Å²) < 4.78 is 0. The van der Waals surface area contributed by atoms with Gasteiger partial charge in [0.15, 0.2) is 0 Å². The summed E-state index contributed by atoms with van der Waals surface area (Å²) in [5, 5.41) is 34.9. The number of aliphatic hydroxyl groups excluding tert-OH is 1. The number of hydrogen-bond acceptors (Lipinski definition) is 7. The summed E-state index contributed by atoms with van der Waals surface area (Å²) in [6.45, 7) is 6.13. The van der Waals surface area contributed by atoms with E-state index in [2.05, 4.69) is 0 Å². The number of nitrogens with one attached hydrogen (secondary N) is 2. The van der Waals surface area contributed by atoms with Gasteiger partial charge in [-0.05, 0) is 13.3 Å². The topological polar surface area (TPSA) is 152 Å². The van der Waals surface area contributed by atoms with E-state index in [1.165, 1.54) is 29.3 Å². The first-order valence-electron chi connectivity index (χ1n) is 11.1. The third kappa shape index (κ3) is 3.88. The number of carboxylic acid groups (broad SMARTS) is 1. The average molecular weight is 479 g/mol. The zero-order valence-electron chi connectivity index (χ0n) is 18.7. The van der Waals surface area contributed by atoms with Gasteiger partial charge < -0.3 is 29.8 Å². The van der Waals surface area contributed by atoms with Crippen molar-refractivity contribution in [2.75, 3.05) is 32.7 Å². The number of piperazine rings is 1. The Morgan fingerprint density at radius 3 is 2.39 bits per heavy atom. The number of β-lactam (4-membered cyclic amide) rings is 1. The molecule has 2 amide bonds. The minimum absolute atomic E-state index is 0.0154. The first kappa shape index (κ1) is 23.6. The Bertz CT molecular complexity index is 902. The van der Waals surface area contributed by atoms with Crippen LogP contribution in [0, 0.1) is 22.7 Å². The molecule has 4 N–H and O–H groups in total. The lowest BCUT2D eigenvalue weighted by Gasteiger charge is -2.46. The molecule has 12 heteroatoms. The fraction of sp³-hybridized carbons (Fsp3) is 0.667. The molecule has 0 saturated carbocycles. The van der Waals surface area contributed by atoms with Crippen LogP contribution in [0.3, 0.4) is 0 Å². The first-order chi connectivity index (χ1) is 15.7. The van der Waals surface area contributed by atoms with Gasteiger partial charge in [0.1, 0.15) is 11.7 Å². The van der Waals surface area contributed by atoms with Crippen molar-refractivity contribution in [1.29, 1.82) is 10.8 Å². The molecule has 3 fully saturated rings. The number of aliphatic carboxylic acids is 1. The molecule has 33 heavy (non-hydrogen) atoms. The van der Waals surface area contributed by atoms with Gasteiger partial charge in [-0.3, -0.25) is 20.4 Å². The van der Waals surface area contributed by atoms with Gasteiger partial charge in [0, 0.05) is 48.8 Å². The molecule has 0 radical (unpaired) electrons. The largest absolute Gasteiger partial charge is 0.477 e. The predicted molar refractivity (Wildman–Crippen MR) is 122 cm³/mol. The summed E-state index contributed by atoms with van der Waals surface area (Å²) in [5.74, 6) is -2.41. The Morgan fingerprint density at radius 1 is 1.18 bits per heavy atom. The molecule has 4 aliphatic heterocycles. The van der Waals surface area contributed by atoms with Gasteiger partial charge in [-0.2, -0.15) is 0 Å². The summed E-state index contributed by atoms with van der Waals surface area (Å²) in [7, 11) is 0. The fourth-order valence-corrected chi connectivity index (χ4v) is 6.97. The number of rotatable bonds is 7. The van der Waals surface area contributed by atoms with E-state index < -0.39 is 24.0 Å². The van der Waals surface area contributed by atoms with Crippen molar-refractivity contribution < 1.29 is 24.6 Å². The maximum Gasteiger partial charge on any atom is 0.353 e. The van der Waals surface area contributed by atoms with Crippen LogP contribution in [0.1, 0.15) is 20.3 Å². The van der Waals surface area contributed by atoms with Gasteiger partial charge >= 0.3 is 5.97 Å². The van der Waals surface area contributed by atoms with Crippen LogP contribution in [0.15, 0.2) is 10.6 Å². The average Bonchev–Trinajstić information content (AvgIpc) is 3.30. The lowest BCUT2D eigenvalue weighted by molar-refractivity contribution is -0.163. The number of carbonyl (C=O) groups excluding carboxylic acids is 2. The predicted octanol–water partition coefficient (Wildman–Crippen LogP) is -0.325. The standard InChI is InChI=1S/C21H30N6O5S/c1-11-16-15(12(2)28)20(30)27(16)17(21(31)32)18(11)33-13-7-14(26(8-13)10-23)19(29)25-5-3-24(9-22)4-6-25/h9-16,22-23,28H,3-8H2,1-2H3,(H,31,32)/t11-,12?,13+,14+,15-,16-/m1/s1. The van der Waals surface area contributed by atoms with Crippen LogP contribution in [0.2, 0.25) is 0 Å². The molecule has 1 unspecified atom stereocenters. The molecule has 3 saturated heterocycles. The molecule has 4 rings (SSSR count). The van der Waals surface area contributed by atoms with Crippen LogP contribution in [0.5, 0.6) is 0 Å². The van der Waals surface area contributed by atoms with Gasteiger partial charge in [-0.25, -0.2) is 4.79 Å². The molecule has 11 nitrogen and oxygen atoms in total. The summed E-state index contributed by atoms with van der Waals surface area (Å²) in [6, 6.07) is -0.852. The number of nitrogens with zero attached hydrogens (tertiary/aromatic N) is 4. The molecule has 0 spiro atoms. The SMILES string of the molecule is CC(O)[C@H]1C(=O)N2C(C(=O)O)=C(S[C@H]3C[C@@H](C(=O)N4CCN(C=N)CC4)N(C=N)C3)[C@H](C)[C@H]12. The zero-order chi connectivity index (χ0) is 24.0. The number of carbonyl (C=O) groups is 3. The Hall–Kier alpha value is -2.60. The maximum atomic E-state index is 13.2. The summed E-state index contributed by atoms with van der Waals surface area (Å²) in [5.41, 5.74) is -0.0154. The number of thioether (sulfide) groups is 1. The molecule has 0 aromatic carbocycles. The van der Waals surface area contributed by atoms with E-state index in [4.69, 9.17) is 10.8 Å². The molecular weight excluding hydrogens is 448 g/mol. The summed E-state index contributed by atoms with van der Waals surface area (Å²) in [4.78, 5) is 45.0. The summed E-state index contributed by atoms with van der Waals surface area (Å²) >= 11 is 1.38. The molecule has 0 aliphatic carbocycles. The lowest BCUT2D eigenvalue weighted by atomic mass is 9.79. The molecule has 0 aromatic heterocycles. The highest BCUT2D eigenvalue weighted by Crippen LogP contribution is 2.52. The van der Waals surface area contributed by atoms with Crippen molar-refractivity contribution >= 4 is 42.2 Å². The van der Waals surface area contributed by atoms with E-state index in [9.17, 15) is 24.6 Å². The number of aliphatic hydroxyl groups is 1. The first-order valence-corrected chi connectivity index (χ1v) is 12.0. The van der Waals surface area contributed by atoms with E-state index in [1.807, 2.05) is 11.8 Å². The van der Waals surface area contributed by atoms with Gasteiger partial charge in [0.05, 0.1) is 30.7 Å². The molecule has 0 aromatic rings. The monoisotopic (exact) mass is 478 g/mol. The zero-order valence-corrected chi connectivity index (χ0v) is 19.5. The highest BCUT2D eigenvalue weighted by molar-refractivity contribution is 8.03. The van der Waals surface area contributed by atoms with Gasteiger partial charge in [-0.15, -0.1) is 11.8 Å². The second-order valence-electron chi connectivity index (χ2n) is 9.08. The van der Waals surface area contributed by atoms with Crippen LogP contribution in [0.25, 0.3) is 0 Å². The lowest BCUT2D eigenvalue weighted by Crippen LogP contribution is -2.63. The molecule has 4 heterocycles. The number of fused-ring (bicyclic) bond motifs is 1. The third-order valence-corrected chi connectivity index (χ3v) is 8.66. The molecule has 4 aliphatic rings. The van der Waals surface area contributed by atoms with Crippen molar-refractivity contribution in [1.82, 2.24) is 19.6 Å². The van der Waals surface area contributed by atoms with Crippen molar-refractivity contribution in [3.8, 4) is 0 Å². The van der Waals surface area contributed by atoms with Crippen LogP contribution >= 0.6 is 11.8 Å².